The Kier molecular flexibility index (Phi) is 6.37. The summed E-state index contributed by atoms with van der Waals surface area (Å²) in [6.07, 6.45) is 15.9. The Morgan fingerprint density at radius 2 is 1.14 bits per heavy atom. The second-order valence-corrected chi connectivity index (χ2v) is 3.17. The zero-order valence-electron chi connectivity index (χ0n) is 8.34. The van der Waals surface area contributed by atoms with Crippen LogP contribution < -0.4 is 0 Å². The molecule has 0 aromatic carbocycles. The van der Waals surface area contributed by atoms with Gasteiger partial charge in [0.25, 0.3) is 0 Å². The first-order chi connectivity index (χ1) is 7.00. The number of hydrogen-bond acceptors (Lipinski definition) is 4. The van der Waals surface area contributed by atoms with Gasteiger partial charge < -0.3 is 0 Å². The zero-order chi connectivity index (χ0) is 9.90. The second-order valence-electron chi connectivity index (χ2n) is 3.17. The number of allylic oxidation sites excluding steroid dienone is 2. The molecule has 4 nitrogen and oxygen atoms in total. The Morgan fingerprint density at radius 3 is 1.50 bits per heavy atom. The fourth-order valence-electron chi connectivity index (χ4n) is 1.28. The van der Waals surface area contributed by atoms with Gasteiger partial charge in [-0.1, -0.05) is 25.0 Å². The normalized spacial score (nSPS) is 18.3. The highest BCUT2D eigenvalue weighted by atomic mass is 15.4. The van der Waals surface area contributed by atoms with Gasteiger partial charge in [0, 0.05) is 0 Å². The first kappa shape index (κ1) is 10.8. The molecule has 2 rings (SSSR count). The van der Waals surface area contributed by atoms with E-state index < -0.39 is 0 Å². The largest absolute Gasteiger partial charge is 0.136 e. The van der Waals surface area contributed by atoms with E-state index in [0.717, 1.165) is 0 Å². The van der Waals surface area contributed by atoms with Gasteiger partial charge in [0.1, 0.15) is 0 Å². The molecule has 0 fully saturated rings. The molecule has 0 saturated heterocycles. The molecule has 0 atom stereocenters. The van der Waals surface area contributed by atoms with Crippen molar-refractivity contribution in [2.45, 2.75) is 38.5 Å². The molecule has 0 spiro atoms. The molecule has 1 aromatic rings. The Bertz CT molecular complexity index is 198. The van der Waals surface area contributed by atoms with Crippen LogP contribution in [0.5, 0.6) is 0 Å². The lowest BCUT2D eigenvalue weighted by molar-refractivity contribution is 0.638. The number of rotatable bonds is 0. The smallest absolute Gasteiger partial charge is 0.0716 e. The maximum absolute atomic E-state index is 3.36. The molecule has 0 bridgehead atoms. The highest BCUT2D eigenvalue weighted by molar-refractivity contribution is 4.82. The van der Waals surface area contributed by atoms with Crippen LogP contribution in [0.3, 0.4) is 0 Å². The fraction of sp³-hybridized carbons (Fsp3) is 0.600. The average Bonchev–Trinajstić information content (AvgIpc) is 2.20. The van der Waals surface area contributed by atoms with E-state index in [1.807, 2.05) is 0 Å². The third-order valence-electron chi connectivity index (χ3n) is 2.00. The van der Waals surface area contributed by atoms with Gasteiger partial charge in [-0.15, -0.1) is 10.2 Å². The quantitative estimate of drug-likeness (QED) is 0.591. The number of hydrogen-bond donors (Lipinski definition) is 0. The molecule has 4 heteroatoms. The monoisotopic (exact) mass is 192 g/mol. The van der Waals surface area contributed by atoms with Gasteiger partial charge in [-0.25, -0.2) is 0 Å². The predicted octanol–water partition coefficient (Wildman–Crippen LogP) is 2.16. The van der Waals surface area contributed by atoms with Gasteiger partial charge in [-0.2, -0.15) is 0 Å². The number of nitrogens with zero attached hydrogens (tertiary/aromatic N) is 4. The topological polar surface area (TPSA) is 51.6 Å². The minimum Gasteiger partial charge on any atom is -0.136 e. The summed E-state index contributed by atoms with van der Waals surface area (Å²) < 4.78 is 0. The number of aromatic nitrogens is 4. The van der Waals surface area contributed by atoms with Crippen molar-refractivity contribution in [2.24, 2.45) is 0 Å². The van der Waals surface area contributed by atoms with Crippen LogP contribution in [0.25, 0.3) is 0 Å². The van der Waals surface area contributed by atoms with Crippen molar-refractivity contribution in [3.63, 3.8) is 0 Å². The summed E-state index contributed by atoms with van der Waals surface area (Å²) in [4.78, 5) is 0. The minimum atomic E-state index is 1.32. The minimum absolute atomic E-state index is 1.32. The lowest BCUT2D eigenvalue weighted by Crippen LogP contribution is -1.84. The zero-order valence-corrected chi connectivity index (χ0v) is 8.34. The van der Waals surface area contributed by atoms with Crippen LogP contribution in [-0.4, -0.2) is 20.6 Å². The molecule has 0 amide bonds. The summed E-state index contributed by atoms with van der Waals surface area (Å²) in [6.45, 7) is 0. The van der Waals surface area contributed by atoms with Crippen LogP contribution in [0, 0.1) is 0 Å². The summed E-state index contributed by atoms with van der Waals surface area (Å²) in [7, 11) is 0. The van der Waals surface area contributed by atoms with E-state index in [0.29, 0.717) is 0 Å². The van der Waals surface area contributed by atoms with Gasteiger partial charge in [0.2, 0.25) is 0 Å². The maximum atomic E-state index is 3.36. The molecule has 76 valence electrons. The van der Waals surface area contributed by atoms with Crippen molar-refractivity contribution in [2.75, 3.05) is 0 Å². The van der Waals surface area contributed by atoms with Gasteiger partial charge >= 0.3 is 0 Å². The van der Waals surface area contributed by atoms with E-state index >= 15 is 0 Å². The molecule has 0 unspecified atom stereocenters. The van der Waals surface area contributed by atoms with Gasteiger partial charge in [-0.05, 0) is 36.1 Å². The van der Waals surface area contributed by atoms with Crippen molar-refractivity contribution in [1.82, 2.24) is 20.6 Å². The fourth-order valence-corrected chi connectivity index (χ4v) is 1.28. The van der Waals surface area contributed by atoms with Crippen LogP contribution in [0.1, 0.15) is 38.5 Å². The molecule has 0 N–H and O–H groups in total. The summed E-state index contributed by atoms with van der Waals surface area (Å²) in [5.74, 6) is 0. The van der Waals surface area contributed by atoms with E-state index in [1.165, 1.54) is 50.9 Å². The van der Waals surface area contributed by atoms with E-state index in [-0.39, 0.29) is 0 Å². The van der Waals surface area contributed by atoms with Crippen LogP contribution in [0.2, 0.25) is 0 Å². The molecule has 1 heterocycles. The third kappa shape index (κ3) is 6.22. The van der Waals surface area contributed by atoms with E-state index in [4.69, 9.17) is 0 Å². The summed E-state index contributed by atoms with van der Waals surface area (Å²) in [5.41, 5.74) is 0. The highest BCUT2D eigenvalue weighted by Gasteiger charge is 1.89. The SMILES string of the molecule is C1=C/CCCCCC/1.c1cnnnn1. The standard InChI is InChI=1S/C8H14.C2H2N4/c1-2-4-6-8-7-5-3-1;1-2-4-6-5-3-1/h1-2H,3-8H2;1-2H/b2-1+;. The second kappa shape index (κ2) is 8.29. The molecule has 14 heavy (non-hydrogen) atoms. The Labute approximate surface area is 84.4 Å². The molecular weight excluding hydrogens is 176 g/mol. The van der Waals surface area contributed by atoms with E-state index in [1.54, 1.807) is 0 Å². The lowest BCUT2D eigenvalue weighted by atomic mass is 10.1. The van der Waals surface area contributed by atoms with Crippen molar-refractivity contribution in [3.8, 4) is 0 Å². The van der Waals surface area contributed by atoms with Gasteiger partial charge in [-0.3, -0.25) is 0 Å². The molecule has 0 aliphatic heterocycles. The maximum Gasteiger partial charge on any atom is 0.0716 e. The summed E-state index contributed by atoms with van der Waals surface area (Å²) in [5, 5.41) is 13.1. The molecule has 0 saturated carbocycles. The highest BCUT2D eigenvalue weighted by Crippen LogP contribution is 2.09. The van der Waals surface area contributed by atoms with Gasteiger partial charge in [0.05, 0.1) is 12.4 Å². The first-order valence-electron chi connectivity index (χ1n) is 5.10. The molecular formula is C10H16N4. The summed E-state index contributed by atoms with van der Waals surface area (Å²) >= 11 is 0. The molecule has 1 aromatic heterocycles. The van der Waals surface area contributed by atoms with Crippen molar-refractivity contribution < 1.29 is 0 Å². The third-order valence-corrected chi connectivity index (χ3v) is 2.00. The molecule has 0 radical (unpaired) electrons. The first-order valence-corrected chi connectivity index (χ1v) is 5.10. The Balaban J connectivity index is 0.000000146. The van der Waals surface area contributed by atoms with Crippen LogP contribution >= 0.6 is 0 Å². The average molecular weight is 192 g/mol. The Morgan fingerprint density at radius 1 is 0.643 bits per heavy atom. The van der Waals surface area contributed by atoms with Crippen molar-refractivity contribution >= 4 is 0 Å². The van der Waals surface area contributed by atoms with E-state index in [9.17, 15) is 0 Å². The summed E-state index contributed by atoms with van der Waals surface area (Å²) in [6, 6.07) is 0. The Hall–Kier alpha value is -1.32. The lowest BCUT2D eigenvalue weighted by Gasteiger charge is -2.00. The predicted molar refractivity (Wildman–Crippen MR) is 54.5 cm³/mol. The van der Waals surface area contributed by atoms with Crippen molar-refractivity contribution in [1.29, 1.82) is 0 Å². The molecule has 1 aliphatic rings. The van der Waals surface area contributed by atoms with Crippen LogP contribution in [-0.2, 0) is 0 Å². The molecule has 1 aliphatic carbocycles. The van der Waals surface area contributed by atoms with E-state index in [2.05, 4.69) is 32.8 Å². The van der Waals surface area contributed by atoms with Gasteiger partial charge in [0.15, 0.2) is 0 Å². The van der Waals surface area contributed by atoms with Crippen molar-refractivity contribution in [3.05, 3.63) is 24.5 Å². The van der Waals surface area contributed by atoms with Crippen LogP contribution in [0.4, 0.5) is 0 Å². The van der Waals surface area contributed by atoms with Crippen LogP contribution in [0.15, 0.2) is 24.5 Å².